The average molecular weight is 472 g/mol. The Morgan fingerprint density at radius 2 is 2.35 bits per heavy atom. The highest BCUT2D eigenvalue weighted by Crippen LogP contribution is 2.11. The van der Waals surface area contributed by atoms with Gasteiger partial charge in [0.25, 0.3) is 0 Å². The summed E-state index contributed by atoms with van der Waals surface area (Å²) in [5.74, 6) is 1.71. The molecule has 1 unspecified atom stereocenters. The lowest BCUT2D eigenvalue weighted by Gasteiger charge is -2.34. The minimum absolute atomic E-state index is 0. The highest BCUT2D eigenvalue weighted by molar-refractivity contribution is 14.0. The number of aromatic nitrogens is 3. The second-order valence-corrected chi connectivity index (χ2v) is 5.75. The Balaban J connectivity index is 0.00000243. The van der Waals surface area contributed by atoms with E-state index < -0.39 is 0 Å². The zero-order valence-corrected chi connectivity index (χ0v) is 17.4. The van der Waals surface area contributed by atoms with Crippen molar-refractivity contribution in [3.63, 3.8) is 0 Å². The fraction of sp³-hybridized carbons (Fsp3) is 0.471. The van der Waals surface area contributed by atoms with Crippen LogP contribution in [0.4, 0.5) is 0 Å². The Kier molecular flexibility index (Phi) is 8.26. The van der Waals surface area contributed by atoms with E-state index in [2.05, 4.69) is 31.2 Å². The van der Waals surface area contributed by atoms with Crippen LogP contribution in [0, 0.1) is 0 Å². The van der Waals surface area contributed by atoms with Gasteiger partial charge in [-0.05, 0) is 6.07 Å². The molecule has 0 aliphatic carbocycles. The molecule has 26 heavy (non-hydrogen) atoms. The molecule has 0 amide bonds. The van der Waals surface area contributed by atoms with Crippen molar-refractivity contribution in [2.24, 2.45) is 4.99 Å². The average Bonchev–Trinajstić information content (AvgIpc) is 3.18. The molecule has 0 aromatic carbocycles. The molecule has 1 atom stereocenters. The monoisotopic (exact) mass is 472 g/mol. The van der Waals surface area contributed by atoms with Crippen LogP contribution in [0.15, 0.2) is 42.0 Å². The largest absolute Gasteiger partial charge is 0.382 e. The van der Waals surface area contributed by atoms with Gasteiger partial charge in [-0.3, -0.25) is 9.56 Å². The summed E-state index contributed by atoms with van der Waals surface area (Å²) in [6.07, 6.45) is 7.23. The van der Waals surface area contributed by atoms with Crippen molar-refractivity contribution in [1.82, 2.24) is 24.8 Å². The topological polar surface area (TPSA) is 76.8 Å². The van der Waals surface area contributed by atoms with Gasteiger partial charge >= 0.3 is 0 Å². The van der Waals surface area contributed by atoms with Crippen molar-refractivity contribution in [2.45, 2.75) is 12.6 Å². The van der Waals surface area contributed by atoms with Crippen LogP contribution < -0.4 is 5.32 Å². The number of nitrogens with one attached hydrogen (secondary N) is 1. The molecule has 3 rings (SSSR count). The van der Waals surface area contributed by atoms with E-state index in [4.69, 9.17) is 9.47 Å². The number of rotatable bonds is 5. The summed E-state index contributed by atoms with van der Waals surface area (Å²) in [6, 6.07) is 3.99. The Bertz CT molecular complexity index is 692. The van der Waals surface area contributed by atoms with E-state index in [1.165, 1.54) is 0 Å². The van der Waals surface area contributed by atoms with Crippen molar-refractivity contribution >= 4 is 29.9 Å². The Morgan fingerprint density at radius 1 is 1.46 bits per heavy atom. The summed E-state index contributed by atoms with van der Waals surface area (Å²) in [5, 5.41) is 3.43. The van der Waals surface area contributed by atoms with Gasteiger partial charge in [0.2, 0.25) is 0 Å². The van der Waals surface area contributed by atoms with Crippen LogP contribution in [0.1, 0.15) is 5.56 Å². The highest BCUT2D eigenvalue weighted by atomic mass is 127. The first-order valence-corrected chi connectivity index (χ1v) is 8.30. The van der Waals surface area contributed by atoms with E-state index in [-0.39, 0.29) is 30.1 Å². The summed E-state index contributed by atoms with van der Waals surface area (Å²) in [7, 11) is 3.48. The number of methoxy groups -OCH3 is 1. The highest BCUT2D eigenvalue weighted by Gasteiger charge is 2.22. The van der Waals surface area contributed by atoms with Crippen molar-refractivity contribution in [2.75, 3.05) is 40.5 Å². The molecule has 1 aliphatic heterocycles. The molecule has 0 saturated carbocycles. The normalized spacial score (nSPS) is 17.7. The lowest BCUT2D eigenvalue weighted by molar-refractivity contribution is -0.0447. The molecule has 9 heteroatoms. The first-order valence-electron chi connectivity index (χ1n) is 8.30. The van der Waals surface area contributed by atoms with E-state index in [9.17, 15) is 0 Å². The smallest absolute Gasteiger partial charge is 0.194 e. The molecule has 0 radical (unpaired) electrons. The summed E-state index contributed by atoms with van der Waals surface area (Å²) >= 11 is 0. The van der Waals surface area contributed by atoms with Gasteiger partial charge in [-0.1, -0.05) is 6.07 Å². The quantitative estimate of drug-likeness (QED) is 0.402. The molecular weight excluding hydrogens is 447 g/mol. The van der Waals surface area contributed by atoms with Crippen LogP contribution >= 0.6 is 24.0 Å². The molecule has 3 heterocycles. The van der Waals surface area contributed by atoms with Gasteiger partial charge in [-0.25, -0.2) is 9.97 Å². The van der Waals surface area contributed by atoms with E-state index in [1.807, 2.05) is 16.8 Å². The summed E-state index contributed by atoms with van der Waals surface area (Å²) in [6.45, 7) is 3.44. The van der Waals surface area contributed by atoms with Gasteiger partial charge in [0, 0.05) is 57.9 Å². The standard InChI is InChI=1S/C17H24N6O2.HI/c1-18-17(22-8-9-25-15(11-22)12-24-2)21-10-14-4-3-5-20-16(14)23-7-6-19-13-23;/h3-7,13,15H,8-12H2,1-2H3,(H,18,21);1H. The minimum atomic E-state index is 0. The number of halogens is 1. The number of pyridine rings is 1. The first kappa shape index (κ1) is 20.6. The Hall–Kier alpha value is -1.72. The first-order chi connectivity index (χ1) is 12.3. The molecule has 2 aromatic heterocycles. The SMILES string of the molecule is CN=C(NCc1cccnc1-n1ccnc1)N1CCOC(COC)C1.I. The molecule has 2 aromatic rings. The number of ether oxygens (including phenoxy) is 2. The predicted octanol–water partition coefficient (Wildman–Crippen LogP) is 1.31. The lowest BCUT2D eigenvalue weighted by Crippen LogP contribution is -2.51. The Labute approximate surface area is 170 Å². The summed E-state index contributed by atoms with van der Waals surface area (Å²) < 4.78 is 12.8. The van der Waals surface area contributed by atoms with E-state index in [0.29, 0.717) is 19.8 Å². The third-order valence-corrected chi connectivity index (χ3v) is 4.06. The maximum Gasteiger partial charge on any atom is 0.194 e. The molecule has 1 fully saturated rings. The van der Waals surface area contributed by atoms with E-state index >= 15 is 0 Å². The van der Waals surface area contributed by atoms with Gasteiger partial charge in [0.1, 0.15) is 12.1 Å². The molecule has 8 nitrogen and oxygen atoms in total. The summed E-state index contributed by atoms with van der Waals surface area (Å²) in [5.41, 5.74) is 1.07. The van der Waals surface area contributed by atoms with Crippen LogP contribution in [0.3, 0.4) is 0 Å². The van der Waals surface area contributed by atoms with Crippen molar-refractivity contribution < 1.29 is 9.47 Å². The number of morpholine rings is 1. The molecule has 1 N–H and O–H groups in total. The maximum atomic E-state index is 5.70. The number of guanidine groups is 1. The Morgan fingerprint density at radius 3 is 3.08 bits per heavy atom. The van der Waals surface area contributed by atoms with Crippen LogP contribution in [-0.4, -0.2) is 72.0 Å². The lowest BCUT2D eigenvalue weighted by atomic mass is 10.2. The molecule has 1 saturated heterocycles. The van der Waals surface area contributed by atoms with Gasteiger partial charge < -0.3 is 19.7 Å². The second kappa shape index (κ2) is 10.4. The zero-order valence-electron chi connectivity index (χ0n) is 15.0. The second-order valence-electron chi connectivity index (χ2n) is 5.75. The van der Waals surface area contributed by atoms with Crippen LogP contribution in [0.2, 0.25) is 0 Å². The van der Waals surface area contributed by atoms with Gasteiger partial charge in [0.15, 0.2) is 5.96 Å². The molecular formula is C17H25IN6O2. The summed E-state index contributed by atoms with van der Waals surface area (Å²) in [4.78, 5) is 15.2. The van der Waals surface area contributed by atoms with E-state index in [1.54, 1.807) is 32.9 Å². The van der Waals surface area contributed by atoms with Gasteiger partial charge in [-0.2, -0.15) is 0 Å². The van der Waals surface area contributed by atoms with Crippen LogP contribution in [0.25, 0.3) is 5.82 Å². The number of imidazole rings is 1. The van der Waals surface area contributed by atoms with Crippen molar-refractivity contribution in [3.8, 4) is 5.82 Å². The minimum Gasteiger partial charge on any atom is -0.382 e. The molecule has 0 bridgehead atoms. The molecule has 0 spiro atoms. The van der Waals surface area contributed by atoms with Crippen molar-refractivity contribution in [3.05, 3.63) is 42.6 Å². The van der Waals surface area contributed by atoms with E-state index in [0.717, 1.165) is 30.4 Å². The number of nitrogens with zero attached hydrogens (tertiary/aromatic N) is 5. The number of aliphatic imine (C=N–C) groups is 1. The van der Waals surface area contributed by atoms with Gasteiger partial charge in [-0.15, -0.1) is 24.0 Å². The number of hydrogen-bond acceptors (Lipinski definition) is 5. The maximum absolute atomic E-state index is 5.70. The zero-order chi connectivity index (χ0) is 17.5. The predicted molar refractivity (Wildman–Crippen MR) is 110 cm³/mol. The number of hydrogen-bond donors (Lipinski definition) is 1. The fourth-order valence-electron chi connectivity index (χ4n) is 2.89. The van der Waals surface area contributed by atoms with Crippen molar-refractivity contribution in [1.29, 1.82) is 0 Å². The molecule has 1 aliphatic rings. The molecule has 142 valence electrons. The third-order valence-electron chi connectivity index (χ3n) is 4.06. The third kappa shape index (κ3) is 5.15. The van der Waals surface area contributed by atoms with Crippen LogP contribution in [-0.2, 0) is 16.0 Å². The van der Waals surface area contributed by atoms with Gasteiger partial charge in [0.05, 0.1) is 19.3 Å². The van der Waals surface area contributed by atoms with Crippen LogP contribution in [0.5, 0.6) is 0 Å². The fourth-order valence-corrected chi connectivity index (χ4v) is 2.89.